The second-order valence-electron chi connectivity index (χ2n) is 4.22. The fourth-order valence-corrected chi connectivity index (χ4v) is 2.36. The van der Waals surface area contributed by atoms with Gasteiger partial charge in [0.05, 0.1) is 40.9 Å². The highest BCUT2D eigenvalue weighted by Crippen LogP contribution is 2.29. The highest BCUT2D eigenvalue weighted by molar-refractivity contribution is 7.09. The lowest BCUT2D eigenvalue weighted by Gasteiger charge is -2.09. The molecule has 0 fully saturated rings. The number of rotatable bonds is 5. The summed E-state index contributed by atoms with van der Waals surface area (Å²) in [4.78, 5) is 26.3. The number of anilines is 1. The van der Waals surface area contributed by atoms with Crippen LogP contribution >= 0.6 is 11.3 Å². The molecule has 7 nitrogen and oxygen atoms in total. The summed E-state index contributed by atoms with van der Waals surface area (Å²) < 4.78 is 5.06. The minimum atomic E-state index is -0.522. The topological polar surface area (TPSA) is 94.4 Å². The van der Waals surface area contributed by atoms with Gasteiger partial charge in [0.15, 0.2) is 0 Å². The fourth-order valence-electron chi connectivity index (χ4n) is 1.75. The third-order valence-corrected chi connectivity index (χ3v) is 3.50. The van der Waals surface area contributed by atoms with E-state index in [2.05, 4.69) is 10.3 Å². The molecule has 8 heteroatoms. The number of carbonyl (C=O) groups excluding carboxylic acids is 1. The molecule has 110 valence electrons. The molecule has 0 aliphatic carbocycles. The van der Waals surface area contributed by atoms with E-state index in [1.54, 1.807) is 0 Å². The molecule has 2 rings (SSSR count). The Kier molecular flexibility index (Phi) is 4.49. The van der Waals surface area contributed by atoms with E-state index in [-0.39, 0.29) is 23.8 Å². The first-order chi connectivity index (χ1) is 9.99. The van der Waals surface area contributed by atoms with Gasteiger partial charge < -0.3 is 10.1 Å². The van der Waals surface area contributed by atoms with Crippen LogP contribution < -0.4 is 10.1 Å². The molecule has 0 spiro atoms. The van der Waals surface area contributed by atoms with Gasteiger partial charge in [-0.1, -0.05) is 0 Å². The zero-order valence-corrected chi connectivity index (χ0v) is 12.3. The van der Waals surface area contributed by atoms with Gasteiger partial charge in [0.25, 0.3) is 5.69 Å². The van der Waals surface area contributed by atoms with Crippen LogP contribution in [0.2, 0.25) is 0 Å². The lowest BCUT2D eigenvalue weighted by atomic mass is 10.2. The third-order valence-electron chi connectivity index (χ3n) is 2.68. The number of nitrogens with one attached hydrogen (secondary N) is 1. The van der Waals surface area contributed by atoms with E-state index in [1.807, 2.05) is 12.3 Å². The van der Waals surface area contributed by atoms with E-state index < -0.39 is 4.92 Å². The number of methoxy groups -OCH3 is 1. The molecular weight excluding hydrogens is 294 g/mol. The quantitative estimate of drug-likeness (QED) is 0.676. The first-order valence-corrected chi connectivity index (χ1v) is 6.91. The average molecular weight is 307 g/mol. The van der Waals surface area contributed by atoms with Crippen molar-refractivity contribution in [2.24, 2.45) is 0 Å². The molecule has 0 saturated carbocycles. The molecule has 21 heavy (non-hydrogen) atoms. The van der Waals surface area contributed by atoms with Crippen molar-refractivity contribution in [3.8, 4) is 5.75 Å². The van der Waals surface area contributed by atoms with Gasteiger partial charge in [0, 0.05) is 11.4 Å². The summed E-state index contributed by atoms with van der Waals surface area (Å²) in [5, 5.41) is 16.1. The number of benzene rings is 1. The van der Waals surface area contributed by atoms with Gasteiger partial charge in [-0.15, -0.1) is 11.3 Å². The fraction of sp³-hybridized carbons (Fsp3) is 0.231. The molecule has 1 aromatic heterocycles. The summed E-state index contributed by atoms with van der Waals surface area (Å²) in [5.41, 5.74) is 0.982. The molecule has 0 aliphatic rings. The van der Waals surface area contributed by atoms with Crippen molar-refractivity contribution in [3.05, 3.63) is 44.4 Å². The molecule has 0 unspecified atom stereocenters. The summed E-state index contributed by atoms with van der Waals surface area (Å²) in [7, 11) is 1.39. The molecule has 0 saturated heterocycles. The number of carbonyl (C=O) groups is 1. The summed E-state index contributed by atoms with van der Waals surface area (Å²) in [5.74, 6) is -0.0144. The number of amides is 1. The Morgan fingerprint density at radius 3 is 2.86 bits per heavy atom. The van der Waals surface area contributed by atoms with Gasteiger partial charge in [-0.25, -0.2) is 4.98 Å². The number of aryl methyl sites for hydroxylation is 1. The van der Waals surface area contributed by atoms with E-state index in [4.69, 9.17) is 4.74 Å². The molecule has 1 aromatic carbocycles. The maximum absolute atomic E-state index is 11.9. The van der Waals surface area contributed by atoms with Gasteiger partial charge in [0.2, 0.25) is 5.91 Å². The van der Waals surface area contributed by atoms with E-state index in [0.29, 0.717) is 11.4 Å². The predicted molar refractivity (Wildman–Crippen MR) is 78.8 cm³/mol. The van der Waals surface area contributed by atoms with E-state index >= 15 is 0 Å². The SMILES string of the molecule is COc1cc([N+](=O)[O-])ccc1NC(=O)Cc1csc(C)n1. The second kappa shape index (κ2) is 6.31. The maximum Gasteiger partial charge on any atom is 0.273 e. The molecule has 0 aliphatic heterocycles. The normalized spacial score (nSPS) is 10.2. The number of aromatic nitrogens is 1. The zero-order valence-electron chi connectivity index (χ0n) is 11.5. The largest absolute Gasteiger partial charge is 0.494 e. The minimum Gasteiger partial charge on any atom is -0.494 e. The van der Waals surface area contributed by atoms with Gasteiger partial charge in [0.1, 0.15) is 5.75 Å². The zero-order chi connectivity index (χ0) is 15.4. The highest BCUT2D eigenvalue weighted by atomic mass is 32.1. The Labute approximate surface area is 124 Å². The summed E-state index contributed by atoms with van der Waals surface area (Å²) >= 11 is 1.47. The first-order valence-electron chi connectivity index (χ1n) is 6.03. The lowest BCUT2D eigenvalue weighted by Crippen LogP contribution is -2.15. The Balaban J connectivity index is 2.11. The number of ether oxygens (including phenoxy) is 1. The molecule has 0 bridgehead atoms. The van der Waals surface area contributed by atoms with Crippen LogP contribution in [0.25, 0.3) is 0 Å². The molecule has 2 aromatic rings. The van der Waals surface area contributed by atoms with E-state index in [0.717, 1.165) is 5.01 Å². The van der Waals surface area contributed by atoms with Crippen LogP contribution in [-0.2, 0) is 11.2 Å². The van der Waals surface area contributed by atoms with Crippen molar-refractivity contribution in [1.29, 1.82) is 0 Å². The van der Waals surface area contributed by atoms with Crippen LogP contribution in [0.15, 0.2) is 23.6 Å². The summed E-state index contributed by atoms with van der Waals surface area (Å²) in [6.45, 7) is 1.87. The number of thiazole rings is 1. The number of nitro benzene ring substituents is 1. The van der Waals surface area contributed by atoms with Crippen molar-refractivity contribution in [1.82, 2.24) is 4.98 Å². The van der Waals surface area contributed by atoms with Crippen LogP contribution in [-0.4, -0.2) is 22.9 Å². The van der Waals surface area contributed by atoms with Gasteiger partial charge >= 0.3 is 0 Å². The van der Waals surface area contributed by atoms with Crippen molar-refractivity contribution in [2.45, 2.75) is 13.3 Å². The van der Waals surface area contributed by atoms with Crippen molar-refractivity contribution in [2.75, 3.05) is 12.4 Å². The Morgan fingerprint density at radius 2 is 2.29 bits per heavy atom. The van der Waals surface area contributed by atoms with Crippen LogP contribution in [0.1, 0.15) is 10.7 Å². The standard InChI is InChI=1S/C13H13N3O4S/c1-8-14-9(7-21-8)5-13(17)15-11-4-3-10(16(18)19)6-12(11)20-2/h3-4,6-7H,5H2,1-2H3,(H,15,17). The number of non-ortho nitro benzene ring substituents is 1. The number of hydrogen-bond acceptors (Lipinski definition) is 6. The minimum absolute atomic E-state index is 0.0972. The molecule has 1 N–H and O–H groups in total. The summed E-state index contributed by atoms with van der Waals surface area (Å²) in [6.07, 6.45) is 0.143. The number of nitrogens with zero attached hydrogens (tertiary/aromatic N) is 2. The van der Waals surface area contributed by atoms with E-state index in [9.17, 15) is 14.9 Å². The first kappa shape index (κ1) is 14.9. The van der Waals surface area contributed by atoms with Crippen LogP contribution in [0.3, 0.4) is 0 Å². The Hall–Kier alpha value is -2.48. The summed E-state index contributed by atoms with van der Waals surface area (Å²) in [6, 6.07) is 4.02. The van der Waals surface area contributed by atoms with Gasteiger partial charge in [-0.3, -0.25) is 14.9 Å². The molecule has 0 atom stereocenters. The smallest absolute Gasteiger partial charge is 0.273 e. The predicted octanol–water partition coefficient (Wildman–Crippen LogP) is 2.55. The number of nitro groups is 1. The van der Waals surface area contributed by atoms with Gasteiger partial charge in [-0.05, 0) is 13.0 Å². The lowest BCUT2D eigenvalue weighted by molar-refractivity contribution is -0.384. The maximum atomic E-state index is 11.9. The Bertz CT molecular complexity index is 684. The molecule has 1 heterocycles. The molecular formula is C13H13N3O4S. The highest BCUT2D eigenvalue weighted by Gasteiger charge is 2.14. The number of hydrogen-bond donors (Lipinski definition) is 1. The average Bonchev–Trinajstić information content (AvgIpc) is 2.84. The monoisotopic (exact) mass is 307 g/mol. The van der Waals surface area contributed by atoms with Crippen molar-refractivity contribution >= 4 is 28.6 Å². The molecule has 1 amide bonds. The van der Waals surface area contributed by atoms with Gasteiger partial charge in [-0.2, -0.15) is 0 Å². The van der Waals surface area contributed by atoms with Crippen molar-refractivity contribution < 1.29 is 14.5 Å². The van der Waals surface area contributed by atoms with Crippen LogP contribution in [0.4, 0.5) is 11.4 Å². The van der Waals surface area contributed by atoms with Crippen LogP contribution in [0.5, 0.6) is 5.75 Å². The third kappa shape index (κ3) is 3.76. The van der Waals surface area contributed by atoms with Crippen LogP contribution in [0, 0.1) is 17.0 Å². The van der Waals surface area contributed by atoms with E-state index in [1.165, 1.54) is 36.6 Å². The molecule has 0 radical (unpaired) electrons. The Morgan fingerprint density at radius 1 is 1.52 bits per heavy atom. The second-order valence-corrected chi connectivity index (χ2v) is 5.29. The van der Waals surface area contributed by atoms with Crippen molar-refractivity contribution in [3.63, 3.8) is 0 Å².